The molecule has 0 atom stereocenters. The highest BCUT2D eigenvalue weighted by Gasteiger charge is 2.23. The zero-order valence-electron chi connectivity index (χ0n) is 9.81. The summed E-state index contributed by atoms with van der Waals surface area (Å²) in [5.74, 6) is 0.647. The van der Waals surface area contributed by atoms with Crippen LogP contribution in [0.25, 0.3) is 0 Å². The van der Waals surface area contributed by atoms with Crippen LogP contribution in [0.5, 0.6) is 5.75 Å². The molecule has 1 saturated heterocycles. The maximum absolute atomic E-state index is 11.8. The highest BCUT2D eigenvalue weighted by molar-refractivity contribution is 5.85. The Morgan fingerprint density at radius 3 is 2.82 bits per heavy atom. The van der Waals surface area contributed by atoms with Crippen molar-refractivity contribution < 1.29 is 14.3 Å². The fraction of sp³-hybridized carbons (Fsp3) is 0.385. The average Bonchev–Trinajstić information content (AvgIpc) is 2.32. The van der Waals surface area contributed by atoms with Crippen molar-refractivity contribution in [1.82, 2.24) is 4.90 Å². The Bertz CT molecular complexity index is 442. The van der Waals surface area contributed by atoms with Crippen LogP contribution in [0.4, 0.5) is 4.79 Å². The van der Waals surface area contributed by atoms with Gasteiger partial charge in [-0.3, -0.25) is 4.79 Å². The molecule has 0 bridgehead atoms. The van der Waals surface area contributed by atoms with Gasteiger partial charge in [-0.2, -0.15) is 0 Å². The largest absolute Gasteiger partial charge is 0.415 e. The molecule has 1 amide bonds. The molecule has 17 heavy (non-hydrogen) atoms. The summed E-state index contributed by atoms with van der Waals surface area (Å²) < 4.78 is 5.27. The molecule has 0 saturated carbocycles. The van der Waals surface area contributed by atoms with Crippen molar-refractivity contribution >= 4 is 11.9 Å². The first kappa shape index (κ1) is 11.6. The summed E-state index contributed by atoms with van der Waals surface area (Å²) >= 11 is 0. The number of likely N-dealkylation sites (tertiary alicyclic amines) is 1. The van der Waals surface area contributed by atoms with E-state index in [-0.39, 0.29) is 12.3 Å². The Hall–Kier alpha value is -1.84. The van der Waals surface area contributed by atoms with E-state index < -0.39 is 6.09 Å². The van der Waals surface area contributed by atoms with Crippen LogP contribution in [0.2, 0.25) is 0 Å². The van der Waals surface area contributed by atoms with E-state index in [4.69, 9.17) is 4.74 Å². The van der Waals surface area contributed by atoms with Gasteiger partial charge in [0.05, 0.1) is 6.54 Å². The zero-order valence-corrected chi connectivity index (χ0v) is 9.81. The molecule has 1 fully saturated rings. The second kappa shape index (κ2) is 4.99. The van der Waals surface area contributed by atoms with Crippen LogP contribution in [0.1, 0.15) is 18.4 Å². The van der Waals surface area contributed by atoms with Gasteiger partial charge in [-0.05, 0) is 25.0 Å². The molecule has 0 unspecified atom stereocenters. The molecule has 0 spiro atoms. The average molecular weight is 233 g/mol. The highest BCUT2D eigenvalue weighted by Crippen LogP contribution is 2.18. The maximum atomic E-state index is 11.8. The van der Waals surface area contributed by atoms with Crippen LogP contribution in [0, 0.1) is 6.92 Å². The van der Waals surface area contributed by atoms with Gasteiger partial charge in [0.15, 0.2) is 5.78 Å². The SMILES string of the molecule is Cc1ccccc1OC(=O)N1CCCC(=O)C1. The summed E-state index contributed by atoms with van der Waals surface area (Å²) in [6.45, 7) is 2.64. The summed E-state index contributed by atoms with van der Waals surface area (Å²) in [5, 5.41) is 0. The van der Waals surface area contributed by atoms with E-state index in [2.05, 4.69) is 0 Å². The summed E-state index contributed by atoms with van der Waals surface area (Å²) in [6.07, 6.45) is 0.850. The lowest BCUT2D eigenvalue weighted by Gasteiger charge is -2.25. The van der Waals surface area contributed by atoms with Crippen molar-refractivity contribution in [3.63, 3.8) is 0 Å². The van der Waals surface area contributed by atoms with Crippen LogP contribution in [0.3, 0.4) is 0 Å². The Labute approximate surface area is 100 Å². The van der Waals surface area contributed by atoms with Crippen molar-refractivity contribution in [2.24, 2.45) is 0 Å². The second-order valence-electron chi connectivity index (χ2n) is 4.20. The summed E-state index contributed by atoms with van der Waals surface area (Å²) in [7, 11) is 0. The molecule has 1 aliphatic heterocycles. The smallest absolute Gasteiger partial charge is 0.410 e. The van der Waals surface area contributed by atoms with Crippen molar-refractivity contribution in [1.29, 1.82) is 0 Å². The van der Waals surface area contributed by atoms with Gasteiger partial charge in [0.2, 0.25) is 0 Å². The normalized spacial score (nSPS) is 15.8. The van der Waals surface area contributed by atoms with E-state index in [1.807, 2.05) is 25.1 Å². The number of amides is 1. The van der Waals surface area contributed by atoms with Crippen LogP contribution < -0.4 is 4.74 Å². The fourth-order valence-electron chi connectivity index (χ4n) is 1.82. The monoisotopic (exact) mass is 233 g/mol. The van der Waals surface area contributed by atoms with Gasteiger partial charge < -0.3 is 9.64 Å². The van der Waals surface area contributed by atoms with Crippen molar-refractivity contribution in [2.45, 2.75) is 19.8 Å². The van der Waals surface area contributed by atoms with E-state index in [9.17, 15) is 9.59 Å². The third-order valence-electron chi connectivity index (χ3n) is 2.80. The number of ether oxygens (including phenoxy) is 1. The zero-order chi connectivity index (χ0) is 12.3. The molecule has 0 aromatic heterocycles. The molecule has 2 rings (SSSR count). The number of hydrogen-bond donors (Lipinski definition) is 0. The number of piperidine rings is 1. The van der Waals surface area contributed by atoms with Crippen LogP contribution in [0.15, 0.2) is 24.3 Å². The molecule has 90 valence electrons. The van der Waals surface area contributed by atoms with Gasteiger partial charge in [0.1, 0.15) is 5.75 Å². The highest BCUT2D eigenvalue weighted by atomic mass is 16.6. The lowest BCUT2D eigenvalue weighted by molar-refractivity contribution is -0.121. The Kier molecular flexibility index (Phi) is 3.42. The van der Waals surface area contributed by atoms with Gasteiger partial charge >= 0.3 is 6.09 Å². The molecule has 0 radical (unpaired) electrons. The van der Waals surface area contributed by atoms with Crippen LogP contribution in [-0.4, -0.2) is 29.9 Å². The van der Waals surface area contributed by atoms with E-state index >= 15 is 0 Å². The molecular formula is C13H15NO3. The number of ketones is 1. The molecule has 4 nitrogen and oxygen atoms in total. The Morgan fingerprint density at radius 2 is 2.12 bits per heavy atom. The minimum absolute atomic E-state index is 0.0954. The third kappa shape index (κ3) is 2.84. The summed E-state index contributed by atoms with van der Waals surface area (Å²) in [6, 6.07) is 7.33. The van der Waals surface area contributed by atoms with Crippen LogP contribution >= 0.6 is 0 Å². The molecule has 1 aromatic carbocycles. The van der Waals surface area contributed by atoms with Gasteiger partial charge in [0.25, 0.3) is 0 Å². The predicted molar refractivity (Wildman–Crippen MR) is 63.0 cm³/mol. The third-order valence-corrected chi connectivity index (χ3v) is 2.80. The number of nitrogens with zero attached hydrogens (tertiary/aromatic N) is 1. The first-order valence-electron chi connectivity index (χ1n) is 5.71. The standard InChI is InChI=1S/C13H15NO3/c1-10-5-2-3-7-12(10)17-13(16)14-8-4-6-11(15)9-14/h2-3,5,7H,4,6,8-9H2,1H3. The fourth-order valence-corrected chi connectivity index (χ4v) is 1.82. The molecule has 0 N–H and O–H groups in total. The van der Waals surface area contributed by atoms with Gasteiger partial charge in [-0.25, -0.2) is 4.79 Å². The molecule has 4 heteroatoms. The van der Waals surface area contributed by atoms with Crippen LogP contribution in [-0.2, 0) is 4.79 Å². The molecule has 1 aliphatic rings. The number of aryl methyl sites for hydroxylation is 1. The first-order chi connectivity index (χ1) is 8.16. The quantitative estimate of drug-likeness (QED) is 0.746. The number of Topliss-reactive ketones (excluding diaryl/α,β-unsaturated/α-hetero) is 1. The number of hydrogen-bond acceptors (Lipinski definition) is 3. The lowest BCUT2D eigenvalue weighted by atomic mass is 10.1. The van der Waals surface area contributed by atoms with E-state index in [0.29, 0.717) is 18.7 Å². The maximum Gasteiger partial charge on any atom is 0.415 e. The van der Waals surface area contributed by atoms with E-state index in [0.717, 1.165) is 12.0 Å². The van der Waals surface area contributed by atoms with Crippen molar-refractivity contribution in [3.8, 4) is 5.75 Å². The van der Waals surface area contributed by atoms with E-state index in [1.54, 1.807) is 6.07 Å². The minimum Gasteiger partial charge on any atom is -0.410 e. The number of benzene rings is 1. The topological polar surface area (TPSA) is 46.6 Å². The Morgan fingerprint density at radius 1 is 1.35 bits per heavy atom. The van der Waals surface area contributed by atoms with E-state index in [1.165, 1.54) is 4.90 Å². The summed E-state index contributed by atoms with van der Waals surface area (Å²) in [4.78, 5) is 24.5. The molecule has 1 aromatic rings. The van der Waals surface area contributed by atoms with Crippen molar-refractivity contribution in [3.05, 3.63) is 29.8 Å². The second-order valence-corrected chi connectivity index (χ2v) is 4.20. The Balaban J connectivity index is 2.02. The first-order valence-corrected chi connectivity index (χ1v) is 5.71. The molecule has 1 heterocycles. The predicted octanol–water partition coefficient (Wildman–Crippen LogP) is 2.16. The number of rotatable bonds is 1. The van der Waals surface area contributed by atoms with Gasteiger partial charge in [0, 0.05) is 13.0 Å². The number of carbonyl (C=O) groups excluding carboxylic acids is 2. The minimum atomic E-state index is -0.438. The lowest BCUT2D eigenvalue weighted by Crippen LogP contribution is -2.41. The molecular weight excluding hydrogens is 218 g/mol. The number of carbonyl (C=O) groups is 2. The number of para-hydroxylation sites is 1. The van der Waals surface area contributed by atoms with Gasteiger partial charge in [-0.15, -0.1) is 0 Å². The van der Waals surface area contributed by atoms with Gasteiger partial charge in [-0.1, -0.05) is 18.2 Å². The summed E-state index contributed by atoms with van der Waals surface area (Å²) in [5.41, 5.74) is 0.907. The molecule has 0 aliphatic carbocycles. The van der Waals surface area contributed by atoms with Crippen molar-refractivity contribution in [2.75, 3.05) is 13.1 Å².